The highest BCUT2D eigenvalue weighted by Crippen LogP contribution is 2.27. The van der Waals surface area contributed by atoms with Crippen molar-refractivity contribution in [3.05, 3.63) is 0 Å². The van der Waals surface area contributed by atoms with Gasteiger partial charge in [0.2, 0.25) is 5.91 Å². The fraction of sp³-hybridized carbons (Fsp3) is 0.917. The molecule has 3 nitrogen and oxygen atoms in total. The van der Waals surface area contributed by atoms with Crippen molar-refractivity contribution in [3.63, 3.8) is 0 Å². The van der Waals surface area contributed by atoms with Gasteiger partial charge < -0.3 is 5.32 Å². The molecule has 0 radical (unpaired) electrons. The summed E-state index contributed by atoms with van der Waals surface area (Å²) in [6.45, 7) is 3.20. The molecule has 1 aliphatic carbocycles. The van der Waals surface area contributed by atoms with E-state index in [0.29, 0.717) is 5.92 Å². The molecule has 3 unspecified atom stereocenters. The first-order valence-electron chi connectivity index (χ1n) is 6.34. The molecule has 2 fully saturated rings. The SMILES string of the molecule is CC1CCCC(CNC(=O)C2CSCN2)C1.Cl. The van der Waals surface area contributed by atoms with E-state index in [1.54, 1.807) is 11.8 Å². The van der Waals surface area contributed by atoms with Crippen molar-refractivity contribution in [3.8, 4) is 0 Å². The topological polar surface area (TPSA) is 41.1 Å². The highest BCUT2D eigenvalue weighted by atomic mass is 35.5. The van der Waals surface area contributed by atoms with Crippen LogP contribution in [0.15, 0.2) is 0 Å². The molecule has 0 spiro atoms. The minimum Gasteiger partial charge on any atom is -0.354 e. The third-order valence-corrected chi connectivity index (χ3v) is 4.58. The molecule has 5 heteroatoms. The van der Waals surface area contributed by atoms with Crippen LogP contribution in [0.2, 0.25) is 0 Å². The second-order valence-corrected chi connectivity index (χ2v) is 6.19. The van der Waals surface area contributed by atoms with Crippen LogP contribution in [0.5, 0.6) is 0 Å². The van der Waals surface area contributed by atoms with Crippen molar-refractivity contribution in [1.29, 1.82) is 0 Å². The van der Waals surface area contributed by atoms with Crippen LogP contribution in [-0.2, 0) is 4.79 Å². The molecule has 1 amide bonds. The van der Waals surface area contributed by atoms with E-state index in [1.165, 1.54) is 25.7 Å². The van der Waals surface area contributed by atoms with Crippen LogP contribution in [0, 0.1) is 11.8 Å². The predicted octanol–water partition coefficient (Wildman–Crippen LogP) is 2.01. The van der Waals surface area contributed by atoms with E-state index in [9.17, 15) is 4.79 Å². The van der Waals surface area contributed by atoms with Crippen LogP contribution < -0.4 is 10.6 Å². The standard InChI is InChI=1S/C12H22N2OS.ClH/c1-9-3-2-4-10(5-9)6-13-12(15)11-7-16-8-14-11;/h9-11,14H,2-8H2,1H3,(H,13,15);1H. The summed E-state index contributed by atoms with van der Waals surface area (Å²) in [7, 11) is 0. The van der Waals surface area contributed by atoms with Crippen molar-refractivity contribution in [2.75, 3.05) is 18.2 Å². The average Bonchev–Trinajstić information content (AvgIpc) is 2.79. The summed E-state index contributed by atoms with van der Waals surface area (Å²) in [4.78, 5) is 11.8. The Bertz CT molecular complexity index is 247. The van der Waals surface area contributed by atoms with E-state index >= 15 is 0 Å². The molecule has 1 heterocycles. The van der Waals surface area contributed by atoms with Gasteiger partial charge >= 0.3 is 0 Å². The number of nitrogens with one attached hydrogen (secondary N) is 2. The summed E-state index contributed by atoms with van der Waals surface area (Å²) in [6.07, 6.45) is 5.27. The number of amides is 1. The van der Waals surface area contributed by atoms with E-state index in [4.69, 9.17) is 0 Å². The van der Waals surface area contributed by atoms with Crippen LogP contribution in [0.3, 0.4) is 0 Å². The molecule has 3 atom stereocenters. The summed E-state index contributed by atoms with van der Waals surface area (Å²) in [5, 5.41) is 6.30. The van der Waals surface area contributed by atoms with Crippen LogP contribution in [0.1, 0.15) is 32.6 Å². The number of hydrogen-bond acceptors (Lipinski definition) is 3. The number of hydrogen-bond donors (Lipinski definition) is 2. The normalized spacial score (nSPS) is 32.9. The zero-order valence-corrected chi connectivity index (χ0v) is 12.0. The molecule has 100 valence electrons. The molecule has 0 aromatic heterocycles. The quantitative estimate of drug-likeness (QED) is 0.830. The van der Waals surface area contributed by atoms with E-state index in [-0.39, 0.29) is 24.4 Å². The molecule has 1 saturated heterocycles. The van der Waals surface area contributed by atoms with Gasteiger partial charge in [-0.1, -0.05) is 19.8 Å². The minimum atomic E-state index is 0. The largest absolute Gasteiger partial charge is 0.354 e. The zero-order valence-electron chi connectivity index (χ0n) is 10.4. The summed E-state index contributed by atoms with van der Waals surface area (Å²) in [6, 6.07) is 0.0472. The van der Waals surface area contributed by atoms with E-state index in [2.05, 4.69) is 17.6 Å². The molecular weight excluding hydrogens is 256 g/mol. The second kappa shape index (κ2) is 7.49. The molecule has 2 rings (SSSR count). The fourth-order valence-corrected chi connectivity index (χ4v) is 3.62. The first-order valence-corrected chi connectivity index (χ1v) is 7.50. The lowest BCUT2D eigenvalue weighted by Gasteiger charge is -2.27. The summed E-state index contributed by atoms with van der Waals surface area (Å²) >= 11 is 1.80. The predicted molar refractivity (Wildman–Crippen MR) is 75.6 cm³/mol. The third-order valence-electron chi connectivity index (χ3n) is 3.64. The van der Waals surface area contributed by atoms with E-state index in [1.807, 2.05) is 0 Å². The van der Waals surface area contributed by atoms with Gasteiger partial charge in [0.05, 0.1) is 6.04 Å². The monoisotopic (exact) mass is 278 g/mol. The maximum atomic E-state index is 11.8. The second-order valence-electron chi connectivity index (χ2n) is 5.15. The molecule has 0 bridgehead atoms. The van der Waals surface area contributed by atoms with Crippen molar-refractivity contribution >= 4 is 30.1 Å². The van der Waals surface area contributed by atoms with Crippen molar-refractivity contribution in [2.24, 2.45) is 11.8 Å². The van der Waals surface area contributed by atoms with Crippen LogP contribution in [-0.4, -0.2) is 30.1 Å². The first-order chi connectivity index (χ1) is 7.75. The molecule has 1 aliphatic heterocycles. The number of carbonyl (C=O) groups excluding carboxylic acids is 1. The number of thioether (sulfide) groups is 1. The van der Waals surface area contributed by atoms with Crippen molar-refractivity contribution in [1.82, 2.24) is 10.6 Å². The molecule has 1 saturated carbocycles. The van der Waals surface area contributed by atoms with Gasteiger partial charge in [-0.3, -0.25) is 10.1 Å². The molecule has 0 aromatic rings. The van der Waals surface area contributed by atoms with E-state index < -0.39 is 0 Å². The fourth-order valence-electron chi connectivity index (χ4n) is 2.68. The van der Waals surface area contributed by atoms with Gasteiger partial charge in [-0.05, 0) is 24.7 Å². The maximum Gasteiger partial charge on any atom is 0.238 e. The molecular formula is C12H23ClN2OS. The highest BCUT2D eigenvalue weighted by Gasteiger charge is 2.24. The van der Waals surface area contributed by atoms with Gasteiger partial charge in [-0.15, -0.1) is 24.2 Å². The van der Waals surface area contributed by atoms with Gasteiger partial charge in [-0.2, -0.15) is 0 Å². The average molecular weight is 279 g/mol. The lowest BCUT2D eigenvalue weighted by atomic mass is 9.82. The third kappa shape index (κ3) is 4.68. The van der Waals surface area contributed by atoms with Crippen molar-refractivity contribution < 1.29 is 4.79 Å². The molecule has 2 N–H and O–H groups in total. The zero-order chi connectivity index (χ0) is 11.4. The Labute approximate surface area is 114 Å². The van der Waals surface area contributed by atoms with Gasteiger partial charge in [-0.25, -0.2) is 0 Å². The summed E-state index contributed by atoms with van der Waals surface area (Å²) < 4.78 is 0. The van der Waals surface area contributed by atoms with Gasteiger partial charge in [0.15, 0.2) is 0 Å². The Morgan fingerprint density at radius 2 is 2.29 bits per heavy atom. The molecule has 2 aliphatic rings. The van der Waals surface area contributed by atoms with Gasteiger partial charge in [0.1, 0.15) is 0 Å². The van der Waals surface area contributed by atoms with Crippen LogP contribution in [0.4, 0.5) is 0 Å². The number of rotatable bonds is 3. The van der Waals surface area contributed by atoms with E-state index in [0.717, 1.165) is 24.1 Å². The van der Waals surface area contributed by atoms with Crippen LogP contribution in [0.25, 0.3) is 0 Å². The Hall–Kier alpha value is 0.0700. The summed E-state index contributed by atoms with van der Waals surface area (Å²) in [5.41, 5.74) is 0. The smallest absolute Gasteiger partial charge is 0.238 e. The maximum absolute atomic E-state index is 11.8. The Morgan fingerprint density at radius 3 is 2.94 bits per heavy atom. The Morgan fingerprint density at radius 1 is 1.47 bits per heavy atom. The van der Waals surface area contributed by atoms with Crippen molar-refractivity contribution in [2.45, 2.75) is 38.6 Å². The summed E-state index contributed by atoms with van der Waals surface area (Å²) in [5.74, 6) is 3.59. The first kappa shape index (κ1) is 15.1. The Balaban J connectivity index is 0.00000144. The van der Waals surface area contributed by atoms with Crippen LogP contribution >= 0.6 is 24.2 Å². The lowest BCUT2D eigenvalue weighted by Crippen LogP contribution is -2.44. The molecule has 17 heavy (non-hydrogen) atoms. The number of halogens is 1. The van der Waals surface area contributed by atoms with Gasteiger partial charge in [0, 0.05) is 18.2 Å². The number of carbonyl (C=O) groups is 1. The highest BCUT2D eigenvalue weighted by molar-refractivity contribution is 7.99. The lowest BCUT2D eigenvalue weighted by molar-refractivity contribution is -0.122. The molecule has 0 aromatic carbocycles. The Kier molecular flexibility index (Phi) is 6.67. The van der Waals surface area contributed by atoms with Gasteiger partial charge in [0.25, 0.3) is 0 Å². The minimum absolute atomic E-state index is 0.